The number of anilines is 1. The second-order valence-corrected chi connectivity index (χ2v) is 9.07. The SMILES string of the molecule is OC(c1ccc(-c2cc(N3CCC(C4CCC4)C3)c3nonc3c2)s1)C(F)(F)F. The Morgan fingerprint density at radius 2 is 1.97 bits per heavy atom. The van der Waals surface area contributed by atoms with Gasteiger partial charge in [-0.25, -0.2) is 4.63 Å². The zero-order valence-electron chi connectivity index (χ0n) is 15.5. The van der Waals surface area contributed by atoms with E-state index in [1.54, 1.807) is 12.1 Å². The van der Waals surface area contributed by atoms with E-state index in [9.17, 15) is 18.3 Å². The number of hydrogen-bond acceptors (Lipinski definition) is 6. The molecule has 2 aromatic heterocycles. The van der Waals surface area contributed by atoms with Gasteiger partial charge in [0.15, 0.2) is 11.6 Å². The molecule has 1 aliphatic carbocycles. The summed E-state index contributed by atoms with van der Waals surface area (Å²) in [5.41, 5.74) is 2.92. The molecule has 3 heterocycles. The van der Waals surface area contributed by atoms with Crippen molar-refractivity contribution in [2.75, 3.05) is 18.0 Å². The van der Waals surface area contributed by atoms with Crippen molar-refractivity contribution in [1.29, 1.82) is 0 Å². The summed E-state index contributed by atoms with van der Waals surface area (Å²) in [5, 5.41) is 17.5. The van der Waals surface area contributed by atoms with Crippen molar-refractivity contribution in [1.82, 2.24) is 10.3 Å². The Balaban J connectivity index is 1.48. The first-order chi connectivity index (χ1) is 13.9. The lowest BCUT2D eigenvalue weighted by molar-refractivity contribution is -0.205. The third-order valence-electron chi connectivity index (χ3n) is 6.21. The topological polar surface area (TPSA) is 62.4 Å². The van der Waals surface area contributed by atoms with Crippen molar-refractivity contribution >= 4 is 28.1 Å². The first-order valence-electron chi connectivity index (χ1n) is 9.76. The fourth-order valence-corrected chi connectivity index (χ4v) is 5.38. The Bertz CT molecular complexity index is 1030. The number of hydrogen-bond donors (Lipinski definition) is 1. The average Bonchev–Trinajstić information content (AvgIpc) is 3.37. The van der Waals surface area contributed by atoms with Crippen molar-refractivity contribution < 1.29 is 22.9 Å². The van der Waals surface area contributed by atoms with Crippen LogP contribution in [0.4, 0.5) is 18.9 Å². The zero-order chi connectivity index (χ0) is 20.2. The van der Waals surface area contributed by atoms with E-state index in [1.165, 1.54) is 25.3 Å². The van der Waals surface area contributed by atoms with Crippen LogP contribution >= 0.6 is 11.3 Å². The van der Waals surface area contributed by atoms with E-state index in [1.807, 2.05) is 6.07 Å². The molecule has 5 rings (SSSR count). The Morgan fingerprint density at radius 3 is 2.69 bits per heavy atom. The molecule has 5 nitrogen and oxygen atoms in total. The highest BCUT2D eigenvalue weighted by molar-refractivity contribution is 7.15. The number of nitrogens with zero attached hydrogens (tertiary/aromatic N) is 3. The molecular weight excluding hydrogens is 403 g/mol. The number of halogens is 3. The van der Waals surface area contributed by atoms with Gasteiger partial charge >= 0.3 is 6.18 Å². The van der Waals surface area contributed by atoms with Crippen LogP contribution in [0, 0.1) is 11.8 Å². The van der Waals surface area contributed by atoms with Gasteiger partial charge in [-0.15, -0.1) is 11.3 Å². The quantitative estimate of drug-likeness (QED) is 0.627. The predicted octanol–water partition coefficient (Wildman–Crippen LogP) is 5.17. The summed E-state index contributed by atoms with van der Waals surface area (Å²) in [6, 6.07) is 6.65. The molecule has 1 N–H and O–H groups in total. The summed E-state index contributed by atoms with van der Waals surface area (Å²) in [5.74, 6) is 1.48. The van der Waals surface area contributed by atoms with Crippen LogP contribution in [0.5, 0.6) is 0 Å². The molecule has 2 aliphatic rings. The van der Waals surface area contributed by atoms with Crippen molar-refractivity contribution in [2.24, 2.45) is 11.8 Å². The lowest BCUT2D eigenvalue weighted by atomic mass is 9.75. The molecule has 2 unspecified atom stereocenters. The van der Waals surface area contributed by atoms with E-state index in [2.05, 4.69) is 15.2 Å². The summed E-state index contributed by atoms with van der Waals surface area (Å²) in [6.07, 6.45) is -2.08. The first kappa shape index (κ1) is 18.9. The number of benzene rings is 1. The third-order valence-corrected chi connectivity index (χ3v) is 7.40. The molecule has 9 heteroatoms. The molecule has 154 valence electrons. The van der Waals surface area contributed by atoms with Gasteiger partial charge in [0.05, 0.1) is 5.69 Å². The van der Waals surface area contributed by atoms with Gasteiger partial charge in [-0.3, -0.25) is 0 Å². The maximum Gasteiger partial charge on any atom is 0.419 e. The number of alkyl halides is 3. The Hall–Kier alpha value is -2.13. The molecule has 29 heavy (non-hydrogen) atoms. The molecule has 2 atom stereocenters. The van der Waals surface area contributed by atoms with Crippen LogP contribution in [0.3, 0.4) is 0 Å². The predicted molar refractivity (Wildman–Crippen MR) is 104 cm³/mol. The van der Waals surface area contributed by atoms with E-state index in [0.29, 0.717) is 21.8 Å². The van der Waals surface area contributed by atoms with E-state index in [-0.39, 0.29) is 4.88 Å². The van der Waals surface area contributed by atoms with Gasteiger partial charge in [0.2, 0.25) is 0 Å². The molecule has 2 fully saturated rings. The lowest BCUT2D eigenvalue weighted by Gasteiger charge is -2.31. The molecule has 0 amide bonds. The smallest absolute Gasteiger partial charge is 0.379 e. The van der Waals surface area contributed by atoms with Crippen molar-refractivity contribution in [3.8, 4) is 10.4 Å². The van der Waals surface area contributed by atoms with E-state index < -0.39 is 12.3 Å². The van der Waals surface area contributed by atoms with Crippen LogP contribution in [0.15, 0.2) is 28.9 Å². The number of rotatable bonds is 4. The maximum atomic E-state index is 12.8. The minimum atomic E-state index is -4.68. The molecule has 1 saturated carbocycles. The van der Waals surface area contributed by atoms with Crippen molar-refractivity contribution in [2.45, 2.75) is 38.0 Å². The molecule has 0 bridgehead atoms. The standard InChI is InChI=1S/C20H20F3N3O2S/c21-20(22,23)19(27)17-5-4-16(29-17)13-8-14-18(25-28-24-14)15(9-13)26-7-6-12(10-26)11-2-1-3-11/h4-5,8-9,11-12,19,27H,1-3,6-7,10H2. The van der Waals surface area contributed by atoms with Gasteiger partial charge in [-0.1, -0.05) is 19.3 Å². The largest absolute Gasteiger partial charge is 0.419 e. The molecule has 1 saturated heterocycles. The normalized spacial score (nSPS) is 21.7. The third kappa shape index (κ3) is 3.40. The summed E-state index contributed by atoms with van der Waals surface area (Å²) >= 11 is 0.934. The van der Waals surface area contributed by atoms with E-state index in [0.717, 1.165) is 48.0 Å². The number of aliphatic hydroxyl groups excluding tert-OH is 1. The summed E-state index contributed by atoms with van der Waals surface area (Å²) in [7, 11) is 0. The monoisotopic (exact) mass is 423 g/mol. The summed E-state index contributed by atoms with van der Waals surface area (Å²) in [4.78, 5) is 2.81. The van der Waals surface area contributed by atoms with Gasteiger partial charge in [-0.05, 0) is 58.4 Å². The molecule has 0 radical (unpaired) electrons. The number of aliphatic hydroxyl groups is 1. The lowest BCUT2D eigenvalue weighted by Crippen LogP contribution is -2.26. The number of aromatic nitrogens is 2. The van der Waals surface area contributed by atoms with Crippen LogP contribution in [-0.2, 0) is 0 Å². The second kappa shape index (κ2) is 6.98. The van der Waals surface area contributed by atoms with Crippen LogP contribution in [0.2, 0.25) is 0 Å². The van der Waals surface area contributed by atoms with Gasteiger partial charge < -0.3 is 10.0 Å². The maximum absolute atomic E-state index is 12.8. The fourth-order valence-electron chi connectivity index (χ4n) is 4.37. The minimum Gasteiger partial charge on any atom is -0.379 e. The fraction of sp³-hybridized carbons (Fsp3) is 0.500. The Kier molecular flexibility index (Phi) is 4.54. The van der Waals surface area contributed by atoms with Crippen molar-refractivity contribution in [3.63, 3.8) is 0 Å². The zero-order valence-corrected chi connectivity index (χ0v) is 16.3. The highest BCUT2D eigenvalue weighted by Gasteiger charge is 2.40. The molecule has 1 aliphatic heterocycles. The van der Waals surface area contributed by atoms with Crippen molar-refractivity contribution in [3.05, 3.63) is 29.1 Å². The average molecular weight is 423 g/mol. The van der Waals surface area contributed by atoms with Crippen LogP contribution in [0.1, 0.15) is 36.7 Å². The van der Waals surface area contributed by atoms with Crippen LogP contribution in [-0.4, -0.2) is 34.7 Å². The summed E-state index contributed by atoms with van der Waals surface area (Å²) in [6.45, 7) is 1.88. The minimum absolute atomic E-state index is 0.126. The summed E-state index contributed by atoms with van der Waals surface area (Å²) < 4.78 is 43.4. The van der Waals surface area contributed by atoms with E-state index >= 15 is 0 Å². The van der Waals surface area contributed by atoms with Gasteiger partial charge in [0, 0.05) is 22.8 Å². The number of fused-ring (bicyclic) bond motifs is 1. The van der Waals surface area contributed by atoms with Crippen LogP contribution < -0.4 is 4.90 Å². The second-order valence-electron chi connectivity index (χ2n) is 7.96. The van der Waals surface area contributed by atoms with Gasteiger partial charge in [-0.2, -0.15) is 13.2 Å². The molecule has 3 aromatic rings. The number of thiophene rings is 1. The Morgan fingerprint density at radius 1 is 1.14 bits per heavy atom. The van der Waals surface area contributed by atoms with Crippen LogP contribution in [0.25, 0.3) is 21.5 Å². The van der Waals surface area contributed by atoms with Gasteiger partial charge in [0.25, 0.3) is 0 Å². The highest BCUT2D eigenvalue weighted by Crippen LogP contribution is 2.43. The molecule has 0 spiro atoms. The first-order valence-corrected chi connectivity index (χ1v) is 10.6. The molecule has 1 aromatic carbocycles. The Labute approximate surface area is 169 Å². The molecular formula is C20H20F3N3O2S. The van der Waals surface area contributed by atoms with Gasteiger partial charge in [0.1, 0.15) is 5.52 Å². The van der Waals surface area contributed by atoms with E-state index in [4.69, 9.17) is 4.63 Å². The highest BCUT2D eigenvalue weighted by atomic mass is 32.1.